The van der Waals surface area contributed by atoms with Crippen LogP contribution in [0.1, 0.15) is 48.1 Å². The van der Waals surface area contributed by atoms with E-state index < -0.39 is 12.0 Å². The van der Waals surface area contributed by atoms with Crippen LogP contribution in [0.3, 0.4) is 0 Å². The lowest BCUT2D eigenvalue weighted by Gasteiger charge is -2.38. The summed E-state index contributed by atoms with van der Waals surface area (Å²) in [6, 6.07) is -0.438. The number of aliphatic carboxylic acids is 1. The van der Waals surface area contributed by atoms with Crippen LogP contribution < -0.4 is 5.32 Å². The quantitative estimate of drug-likeness (QED) is 0.875. The first kappa shape index (κ1) is 16.4. The van der Waals surface area contributed by atoms with E-state index in [0.29, 0.717) is 25.2 Å². The molecule has 3 heterocycles. The van der Waals surface area contributed by atoms with Crippen LogP contribution in [0.5, 0.6) is 0 Å². The van der Waals surface area contributed by atoms with Crippen molar-refractivity contribution in [3.05, 3.63) is 16.1 Å². The molecule has 2 aliphatic heterocycles. The molecule has 0 radical (unpaired) electrons. The van der Waals surface area contributed by atoms with Gasteiger partial charge in [-0.2, -0.15) is 0 Å². The lowest BCUT2D eigenvalue weighted by Crippen LogP contribution is -2.44. The summed E-state index contributed by atoms with van der Waals surface area (Å²) in [4.78, 5) is 30.0. The Labute approximate surface area is 139 Å². The summed E-state index contributed by atoms with van der Waals surface area (Å²) in [5.74, 6) is -0.759. The van der Waals surface area contributed by atoms with Gasteiger partial charge in [-0.15, -0.1) is 11.3 Å². The molecule has 0 bridgehead atoms. The minimum Gasteiger partial charge on any atom is -0.480 e. The monoisotopic (exact) mass is 337 g/mol. The lowest BCUT2D eigenvalue weighted by molar-refractivity contribution is -0.139. The first-order valence-corrected chi connectivity index (χ1v) is 9.11. The lowest BCUT2D eigenvalue weighted by atomic mass is 9.76. The van der Waals surface area contributed by atoms with Crippen LogP contribution in [0, 0.1) is 5.41 Å². The molecular weight excluding hydrogens is 314 g/mol. The first-order valence-electron chi connectivity index (χ1n) is 8.23. The van der Waals surface area contributed by atoms with Crippen LogP contribution in [0.4, 0.5) is 0 Å². The number of hydrogen-bond acceptors (Lipinski definition) is 5. The molecule has 1 atom stereocenters. The number of aromatic nitrogens is 1. The van der Waals surface area contributed by atoms with Gasteiger partial charge in [-0.05, 0) is 37.5 Å². The number of carbonyl (C=O) groups is 2. The van der Waals surface area contributed by atoms with Crippen LogP contribution in [0.2, 0.25) is 0 Å². The summed E-state index contributed by atoms with van der Waals surface area (Å²) < 4.78 is 0. The van der Waals surface area contributed by atoms with Crippen molar-refractivity contribution >= 4 is 23.2 Å². The molecule has 0 aliphatic carbocycles. The molecule has 7 heteroatoms. The highest BCUT2D eigenvalue weighted by Gasteiger charge is 2.44. The van der Waals surface area contributed by atoms with E-state index in [-0.39, 0.29) is 11.3 Å². The molecule has 1 spiro atoms. The molecule has 2 N–H and O–H groups in total. The Bertz CT molecular complexity index is 593. The van der Waals surface area contributed by atoms with Crippen LogP contribution >= 0.6 is 11.3 Å². The molecule has 23 heavy (non-hydrogen) atoms. The number of likely N-dealkylation sites (tertiary alicyclic amines) is 1. The Morgan fingerprint density at radius 2 is 2.22 bits per heavy atom. The van der Waals surface area contributed by atoms with Crippen molar-refractivity contribution in [2.45, 2.75) is 45.1 Å². The Morgan fingerprint density at radius 1 is 1.48 bits per heavy atom. The maximum absolute atomic E-state index is 12.6. The van der Waals surface area contributed by atoms with Gasteiger partial charge in [-0.25, -0.2) is 4.98 Å². The second-order valence-electron chi connectivity index (χ2n) is 6.64. The summed E-state index contributed by atoms with van der Waals surface area (Å²) in [6.45, 7) is 4.22. The van der Waals surface area contributed by atoms with Gasteiger partial charge in [-0.3, -0.25) is 9.59 Å². The van der Waals surface area contributed by atoms with E-state index in [1.165, 1.54) is 0 Å². The number of amides is 1. The van der Waals surface area contributed by atoms with E-state index in [0.717, 1.165) is 37.2 Å². The van der Waals surface area contributed by atoms with Gasteiger partial charge in [0.05, 0.1) is 5.01 Å². The largest absolute Gasteiger partial charge is 0.480 e. The summed E-state index contributed by atoms with van der Waals surface area (Å²) in [5.41, 5.74) is 0.595. The fourth-order valence-electron chi connectivity index (χ4n) is 3.56. The van der Waals surface area contributed by atoms with E-state index in [1.807, 2.05) is 10.3 Å². The molecule has 3 rings (SSSR count). The van der Waals surface area contributed by atoms with Crippen molar-refractivity contribution in [1.82, 2.24) is 15.2 Å². The third kappa shape index (κ3) is 3.40. The predicted octanol–water partition coefficient (Wildman–Crippen LogP) is 1.76. The van der Waals surface area contributed by atoms with Crippen LogP contribution in [0.15, 0.2) is 5.38 Å². The number of aryl methyl sites for hydroxylation is 1. The molecule has 1 aromatic heterocycles. The highest BCUT2D eigenvalue weighted by atomic mass is 32.1. The van der Waals surface area contributed by atoms with Gasteiger partial charge in [0.2, 0.25) is 0 Å². The van der Waals surface area contributed by atoms with Crippen molar-refractivity contribution in [1.29, 1.82) is 0 Å². The molecule has 6 nitrogen and oxygen atoms in total. The standard InChI is InChI=1S/C16H23N3O3S/c1-2-3-13-18-12(9-23-13)14(20)19-6-4-16(5-7-19)8-11(15(21)22)17-10-16/h9,11,17H,2-8,10H2,1H3,(H,21,22). The van der Waals surface area contributed by atoms with Gasteiger partial charge in [0.15, 0.2) is 0 Å². The van der Waals surface area contributed by atoms with Gasteiger partial charge < -0.3 is 15.3 Å². The number of nitrogens with one attached hydrogen (secondary N) is 1. The molecule has 0 saturated carbocycles. The van der Waals surface area contributed by atoms with E-state index in [4.69, 9.17) is 5.11 Å². The van der Waals surface area contributed by atoms with Gasteiger partial charge >= 0.3 is 5.97 Å². The number of thiazole rings is 1. The number of piperidine rings is 1. The van der Waals surface area contributed by atoms with Gasteiger partial charge in [0.25, 0.3) is 5.91 Å². The van der Waals surface area contributed by atoms with Crippen LogP contribution in [-0.4, -0.2) is 52.5 Å². The number of hydrogen-bond donors (Lipinski definition) is 2. The molecule has 2 saturated heterocycles. The van der Waals surface area contributed by atoms with Crippen molar-refractivity contribution in [3.8, 4) is 0 Å². The number of carboxylic acids is 1. The van der Waals surface area contributed by atoms with E-state index in [1.54, 1.807) is 11.3 Å². The minimum absolute atomic E-state index is 0.0131. The van der Waals surface area contributed by atoms with Crippen molar-refractivity contribution in [3.63, 3.8) is 0 Å². The molecule has 1 amide bonds. The van der Waals surface area contributed by atoms with Crippen molar-refractivity contribution < 1.29 is 14.7 Å². The Balaban J connectivity index is 1.58. The summed E-state index contributed by atoms with van der Waals surface area (Å²) in [7, 11) is 0. The number of carboxylic acid groups (broad SMARTS) is 1. The van der Waals surface area contributed by atoms with Gasteiger partial charge in [-0.1, -0.05) is 6.92 Å². The van der Waals surface area contributed by atoms with Crippen molar-refractivity contribution in [2.75, 3.05) is 19.6 Å². The van der Waals surface area contributed by atoms with E-state index in [9.17, 15) is 9.59 Å². The highest BCUT2D eigenvalue weighted by molar-refractivity contribution is 7.09. The fourth-order valence-corrected chi connectivity index (χ4v) is 4.43. The zero-order valence-corrected chi connectivity index (χ0v) is 14.2. The second-order valence-corrected chi connectivity index (χ2v) is 7.59. The van der Waals surface area contributed by atoms with E-state index in [2.05, 4.69) is 17.2 Å². The zero-order chi connectivity index (χ0) is 16.4. The SMILES string of the molecule is CCCc1nc(C(=O)N2CCC3(CC2)CNC(C(=O)O)C3)cs1. The fraction of sp³-hybridized carbons (Fsp3) is 0.688. The number of nitrogens with zero attached hydrogens (tertiary/aromatic N) is 2. The third-order valence-corrected chi connectivity index (χ3v) is 5.91. The molecular formula is C16H23N3O3S. The maximum atomic E-state index is 12.6. The van der Waals surface area contributed by atoms with Gasteiger partial charge in [0, 0.05) is 25.0 Å². The molecule has 1 unspecified atom stereocenters. The molecule has 0 aromatic carbocycles. The molecule has 126 valence electrons. The van der Waals surface area contributed by atoms with Crippen molar-refractivity contribution in [2.24, 2.45) is 5.41 Å². The van der Waals surface area contributed by atoms with Crippen LogP contribution in [-0.2, 0) is 11.2 Å². The Hall–Kier alpha value is -1.47. The molecule has 2 fully saturated rings. The molecule has 2 aliphatic rings. The van der Waals surface area contributed by atoms with Crippen LogP contribution in [0.25, 0.3) is 0 Å². The summed E-state index contributed by atoms with van der Waals surface area (Å²) in [5, 5.41) is 15.1. The highest BCUT2D eigenvalue weighted by Crippen LogP contribution is 2.39. The maximum Gasteiger partial charge on any atom is 0.320 e. The molecule has 1 aromatic rings. The summed E-state index contributed by atoms with van der Waals surface area (Å²) in [6.07, 6.45) is 4.35. The minimum atomic E-state index is -0.772. The second kappa shape index (κ2) is 6.57. The normalized spacial score (nSPS) is 23.3. The predicted molar refractivity (Wildman–Crippen MR) is 87.7 cm³/mol. The topological polar surface area (TPSA) is 82.5 Å². The Morgan fingerprint density at radius 3 is 2.83 bits per heavy atom. The third-order valence-electron chi connectivity index (χ3n) is 5.00. The average Bonchev–Trinajstić information content (AvgIpc) is 3.16. The smallest absolute Gasteiger partial charge is 0.320 e. The summed E-state index contributed by atoms with van der Waals surface area (Å²) >= 11 is 1.55. The first-order chi connectivity index (χ1) is 11.0. The average molecular weight is 337 g/mol. The number of carbonyl (C=O) groups excluding carboxylic acids is 1. The van der Waals surface area contributed by atoms with E-state index >= 15 is 0 Å². The number of rotatable bonds is 4. The van der Waals surface area contributed by atoms with Gasteiger partial charge in [0.1, 0.15) is 11.7 Å². The zero-order valence-electron chi connectivity index (χ0n) is 13.4. The Kier molecular flexibility index (Phi) is 4.68.